The minimum atomic E-state index is -2.60. The molecule has 6 heteroatoms. The van der Waals surface area contributed by atoms with Gasteiger partial charge in [0.2, 0.25) is 0 Å². The first-order valence-electron chi connectivity index (χ1n) is 5.88. The monoisotopic (exact) mass is 271 g/mol. The standard InChI is InChI=1S/C12H15F2N3S/c1-8-5-12(13,14)3-4-17(8)10(6-15)11-7-16-9(2)18-11/h7-8,10H,3-5H2,1-2H3. The molecule has 0 aliphatic carbocycles. The van der Waals surface area contributed by atoms with Crippen LogP contribution in [-0.4, -0.2) is 28.4 Å². The highest BCUT2D eigenvalue weighted by atomic mass is 32.1. The Balaban J connectivity index is 2.17. The van der Waals surface area contributed by atoms with Crippen molar-refractivity contribution in [3.63, 3.8) is 0 Å². The molecule has 1 saturated heterocycles. The maximum Gasteiger partial charge on any atom is 0.250 e. The highest BCUT2D eigenvalue weighted by molar-refractivity contribution is 7.11. The number of rotatable bonds is 2. The summed E-state index contributed by atoms with van der Waals surface area (Å²) in [6.45, 7) is 3.88. The molecule has 3 nitrogen and oxygen atoms in total. The normalized spacial score (nSPS) is 25.6. The molecule has 1 aromatic heterocycles. The molecule has 2 unspecified atom stereocenters. The van der Waals surface area contributed by atoms with Gasteiger partial charge in [-0.15, -0.1) is 11.3 Å². The quantitative estimate of drug-likeness (QED) is 0.829. The molecule has 0 amide bonds. The summed E-state index contributed by atoms with van der Waals surface area (Å²) in [5.41, 5.74) is 0. The van der Waals surface area contributed by atoms with Crippen molar-refractivity contribution in [2.45, 2.75) is 44.7 Å². The molecule has 1 aromatic rings. The maximum absolute atomic E-state index is 13.3. The smallest absolute Gasteiger partial charge is 0.250 e. The third kappa shape index (κ3) is 2.68. The fraction of sp³-hybridized carbons (Fsp3) is 0.667. The van der Waals surface area contributed by atoms with Crippen LogP contribution in [-0.2, 0) is 0 Å². The Hall–Kier alpha value is -1.06. The highest BCUT2D eigenvalue weighted by Crippen LogP contribution is 2.37. The Morgan fingerprint density at radius 3 is 2.89 bits per heavy atom. The van der Waals surface area contributed by atoms with Gasteiger partial charge in [-0.2, -0.15) is 5.26 Å². The number of halogens is 2. The Kier molecular flexibility index (Phi) is 3.64. The number of nitriles is 1. The van der Waals surface area contributed by atoms with Gasteiger partial charge in [0.15, 0.2) is 0 Å². The number of nitrogens with zero attached hydrogens (tertiary/aromatic N) is 3. The first kappa shape index (κ1) is 13.4. The van der Waals surface area contributed by atoms with Gasteiger partial charge in [-0.3, -0.25) is 4.90 Å². The second-order valence-electron chi connectivity index (χ2n) is 4.71. The Morgan fingerprint density at radius 1 is 1.67 bits per heavy atom. The predicted octanol–water partition coefficient (Wildman–Crippen LogP) is 3.14. The van der Waals surface area contributed by atoms with E-state index in [4.69, 9.17) is 0 Å². The lowest BCUT2D eigenvalue weighted by atomic mass is 9.97. The third-order valence-electron chi connectivity index (χ3n) is 3.26. The van der Waals surface area contributed by atoms with Gasteiger partial charge in [0.25, 0.3) is 5.92 Å². The molecule has 0 spiro atoms. The van der Waals surface area contributed by atoms with Gasteiger partial charge in [0.05, 0.1) is 16.0 Å². The number of likely N-dealkylation sites (tertiary alicyclic amines) is 1. The summed E-state index contributed by atoms with van der Waals surface area (Å²) in [5, 5.41) is 10.2. The van der Waals surface area contributed by atoms with Crippen LogP contribution < -0.4 is 0 Å². The van der Waals surface area contributed by atoms with Gasteiger partial charge in [0, 0.05) is 31.6 Å². The fourth-order valence-electron chi connectivity index (χ4n) is 2.35. The molecule has 2 atom stereocenters. The Morgan fingerprint density at radius 2 is 2.39 bits per heavy atom. The van der Waals surface area contributed by atoms with E-state index in [2.05, 4.69) is 11.1 Å². The van der Waals surface area contributed by atoms with E-state index in [0.717, 1.165) is 9.88 Å². The predicted molar refractivity (Wildman–Crippen MR) is 65.6 cm³/mol. The topological polar surface area (TPSA) is 39.9 Å². The summed E-state index contributed by atoms with van der Waals surface area (Å²) in [7, 11) is 0. The number of piperidine rings is 1. The molecule has 18 heavy (non-hydrogen) atoms. The average molecular weight is 271 g/mol. The van der Waals surface area contributed by atoms with Crippen molar-refractivity contribution in [3.8, 4) is 6.07 Å². The van der Waals surface area contributed by atoms with Gasteiger partial charge in [-0.25, -0.2) is 13.8 Å². The summed E-state index contributed by atoms with van der Waals surface area (Å²) in [5.74, 6) is -2.60. The van der Waals surface area contributed by atoms with Crippen LogP contribution in [0.15, 0.2) is 6.20 Å². The third-order valence-corrected chi connectivity index (χ3v) is 4.22. The molecule has 2 heterocycles. The van der Waals surface area contributed by atoms with E-state index in [1.165, 1.54) is 11.3 Å². The number of thiazole rings is 1. The van der Waals surface area contributed by atoms with E-state index in [-0.39, 0.29) is 25.4 Å². The molecule has 1 aliphatic heterocycles. The zero-order valence-electron chi connectivity index (χ0n) is 10.4. The van der Waals surface area contributed by atoms with Crippen molar-refractivity contribution in [2.24, 2.45) is 0 Å². The van der Waals surface area contributed by atoms with E-state index in [0.29, 0.717) is 0 Å². The average Bonchev–Trinajstić information content (AvgIpc) is 2.68. The number of aryl methyl sites for hydroxylation is 1. The molecule has 0 saturated carbocycles. The Bertz CT molecular complexity index is 466. The molecule has 2 rings (SSSR count). The van der Waals surface area contributed by atoms with E-state index in [1.807, 2.05) is 11.8 Å². The number of alkyl halides is 2. The largest absolute Gasteiger partial charge is 0.280 e. The van der Waals surface area contributed by atoms with Crippen molar-refractivity contribution in [3.05, 3.63) is 16.1 Å². The van der Waals surface area contributed by atoms with Crippen LogP contribution >= 0.6 is 11.3 Å². The first-order valence-corrected chi connectivity index (χ1v) is 6.70. The van der Waals surface area contributed by atoms with E-state index in [1.54, 1.807) is 13.1 Å². The van der Waals surface area contributed by atoms with Crippen molar-refractivity contribution in [2.75, 3.05) is 6.54 Å². The summed E-state index contributed by atoms with van der Waals surface area (Å²) >= 11 is 1.45. The second kappa shape index (κ2) is 4.90. The fourth-order valence-corrected chi connectivity index (χ4v) is 3.21. The zero-order chi connectivity index (χ0) is 13.3. The minimum absolute atomic E-state index is 0.173. The SMILES string of the molecule is Cc1ncc(C(C#N)N2CCC(F)(F)CC2C)s1. The lowest BCUT2D eigenvalue weighted by Gasteiger charge is -2.39. The van der Waals surface area contributed by atoms with Crippen molar-refractivity contribution < 1.29 is 8.78 Å². The minimum Gasteiger partial charge on any atom is -0.280 e. The van der Waals surface area contributed by atoms with Gasteiger partial charge < -0.3 is 0 Å². The highest BCUT2D eigenvalue weighted by Gasteiger charge is 2.41. The van der Waals surface area contributed by atoms with Crippen LogP contribution in [0.25, 0.3) is 0 Å². The van der Waals surface area contributed by atoms with Crippen molar-refractivity contribution in [1.29, 1.82) is 5.26 Å². The maximum atomic E-state index is 13.3. The van der Waals surface area contributed by atoms with Crippen LogP contribution in [0.1, 0.15) is 35.7 Å². The molecule has 1 aliphatic rings. The molecule has 0 N–H and O–H groups in total. The molecule has 98 valence electrons. The van der Waals surface area contributed by atoms with E-state index >= 15 is 0 Å². The van der Waals surface area contributed by atoms with Crippen LogP contribution in [0.2, 0.25) is 0 Å². The summed E-state index contributed by atoms with van der Waals surface area (Å²) in [4.78, 5) is 6.82. The summed E-state index contributed by atoms with van der Waals surface area (Å²) in [6.07, 6.45) is 1.32. The summed E-state index contributed by atoms with van der Waals surface area (Å²) in [6, 6.07) is 1.46. The number of hydrogen-bond acceptors (Lipinski definition) is 4. The second-order valence-corrected chi connectivity index (χ2v) is 5.98. The van der Waals surface area contributed by atoms with Gasteiger partial charge in [-0.1, -0.05) is 0 Å². The number of hydrogen-bond donors (Lipinski definition) is 0. The van der Waals surface area contributed by atoms with Crippen LogP contribution in [0.3, 0.4) is 0 Å². The Labute approximate surface area is 109 Å². The van der Waals surface area contributed by atoms with E-state index < -0.39 is 12.0 Å². The van der Waals surface area contributed by atoms with Gasteiger partial charge in [0.1, 0.15) is 6.04 Å². The molecular weight excluding hydrogens is 256 g/mol. The molecule has 0 aromatic carbocycles. The zero-order valence-corrected chi connectivity index (χ0v) is 11.2. The van der Waals surface area contributed by atoms with Gasteiger partial charge in [-0.05, 0) is 13.8 Å². The lowest BCUT2D eigenvalue weighted by molar-refractivity contribution is -0.0797. The lowest BCUT2D eigenvalue weighted by Crippen LogP contribution is -2.46. The first-order chi connectivity index (χ1) is 8.43. The van der Waals surface area contributed by atoms with Crippen LogP contribution in [0.5, 0.6) is 0 Å². The van der Waals surface area contributed by atoms with Crippen LogP contribution in [0, 0.1) is 18.3 Å². The number of aromatic nitrogens is 1. The summed E-state index contributed by atoms with van der Waals surface area (Å²) < 4.78 is 26.6. The van der Waals surface area contributed by atoms with Crippen molar-refractivity contribution >= 4 is 11.3 Å². The van der Waals surface area contributed by atoms with Gasteiger partial charge >= 0.3 is 0 Å². The van der Waals surface area contributed by atoms with E-state index in [9.17, 15) is 14.0 Å². The molecule has 0 radical (unpaired) electrons. The molecular formula is C12H15F2N3S. The van der Waals surface area contributed by atoms with Crippen molar-refractivity contribution in [1.82, 2.24) is 9.88 Å². The van der Waals surface area contributed by atoms with Crippen LogP contribution in [0.4, 0.5) is 8.78 Å². The molecule has 0 bridgehead atoms. The molecule has 1 fully saturated rings.